The van der Waals surface area contributed by atoms with E-state index >= 15 is 0 Å². The van der Waals surface area contributed by atoms with Gasteiger partial charge in [0.2, 0.25) is 0 Å². The molecule has 6 nitrogen and oxygen atoms in total. The van der Waals surface area contributed by atoms with Gasteiger partial charge in [-0.25, -0.2) is 4.79 Å². The summed E-state index contributed by atoms with van der Waals surface area (Å²) in [6, 6.07) is 4.14. The molecule has 1 aromatic carbocycles. The van der Waals surface area contributed by atoms with Crippen LogP contribution in [-0.4, -0.2) is 21.6 Å². The van der Waals surface area contributed by atoms with E-state index in [4.69, 9.17) is 9.84 Å². The van der Waals surface area contributed by atoms with Crippen LogP contribution in [0.1, 0.15) is 36.7 Å². The van der Waals surface area contributed by atoms with E-state index in [0.717, 1.165) is 0 Å². The lowest BCUT2D eigenvalue weighted by Crippen LogP contribution is -2.20. The van der Waals surface area contributed by atoms with Crippen molar-refractivity contribution in [2.24, 2.45) is 0 Å². The topological polar surface area (TPSA) is 89.7 Å². The number of hydrogen-bond acceptors (Lipinski definition) is 4. The molecular weight excluding hydrogens is 238 g/mol. The zero-order chi connectivity index (χ0) is 13.9. The van der Waals surface area contributed by atoms with Crippen LogP contribution in [0, 0.1) is 10.1 Å². The molecule has 0 aromatic heterocycles. The highest BCUT2D eigenvalue weighted by Crippen LogP contribution is 2.24. The van der Waals surface area contributed by atoms with Gasteiger partial charge in [-0.15, -0.1) is 0 Å². The number of hydrogen-bond donors (Lipinski definition) is 1. The van der Waals surface area contributed by atoms with Crippen molar-refractivity contribution in [3.63, 3.8) is 0 Å². The van der Waals surface area contributed by atoms with Gasteiger partial charge in [-0.2, -0.15) is 0 Å². The number of ether oxygens (including phenoxy) is 1. The Morgan fingerprint density at radius 2 is 2.06 bits per heavy atom. The Hall–Kier alpha value is -1.95. The molecule has 0 amide bonds. The first-order chi connectivity index (χ1) is 8.22. The molecule has 18 heavy (non-hydrogen) atoms. The van der Waals surface area contributed by atoms with E-state index in [-0.39, 0.29) is 12.2 Å². The van der Waals surface area contributed by atoms with Gasteiger partial charge < -0.3 is 9.84 Å². The fraction of sp³-hybridized carbons (Fsp3) is 0.417. The van der Waals surface area contributed by atoms with Crippen LogP contribution in [0.4, 0.5) is 5.69 Å². The Balaban J connectivity index is 3.15. The van der Waals surface area contributed by atoms with Gasteiger partial charge in [0.15, 0.2) is 0 Å². The molecule has 0 saturated heterocycles. The number of carboxylic acid groups (broad SMARTS) is 1. The van der Waals surface area contributed by atoms with E-state index in [9.17, 15) is 14.9 Å². The molecule has 0 aliphatic carbocycles. The van der Waals surface area contributed by atoms with Gasteiger partial charge in [0, 0.05) is 6.07 Å². The standard InChI is InChI=1S/C12H15NO5/c1-12(2,3)18-7-8-5-4-6-9(13(16)17)10(8)11(14)15/h4-6H,7H2,1-3H3,(H,14,15). The van der Waals surface area contributed by atoms with Crippen molar-refractivity contribution in [1.82, 2.24) is 0 Å². The maximum absolute atomic E-state index is 11.1. The Kier molecular flexibility index (Phi) is 4.03. The van der Waals surface area contributed by atoms with Gasteiger partial charge in [-0.1, -0.05) is 12.1 Å². The summed E-state index contributed by atoms with van der Waals surface area (Å²) in [5.74, 6) is -1.32. The molecule has 1 N–H and O–H groups in total. The number of nitro benzene ring substituents is 1. The number of carbonyl (C=O) groups is 1. The number of aromatic carboxylic acids is 1. The van der Waals surface area contributed by atoms with Crippen molar-refractivity contribution in [3.05, 3.63) is 39.4 Å². The quantitative estimate of drug-likeness (QED) is 0.658. The van der Waals surface area contributed by atoms with E-state index in [1.807, 2.05) is 20.8 Å². The summed E-state index contributed by atoms with van der Waals surface area (Å²) in [4.78, 5) is 21.2. The Morgan fingerprint density at radius 1 is 1.44 bits per heavy atom. The fourth-order valence-electron chi connectivity index (χ4n) is 1.40. The van der Waals surface area contributed by atoms with E-state index in [2.05, 4.69) is 0 Å². The van der Waals surface area contributed by atoms with Crippen molar-refractivity contribution in [3.8, 4) is 0 Å². The molecule has 0 bridgehead atoms. The highest BCUT2D eigenvalue weighted by Gasteiger charge is 2.24. The molecule has 0 saturated carbocycles. The summed E-state index contributed by atoms with van der Waals surface area (Å²) < 4.78 is 5.46. The highest BCUT2D eigenvalue weighted by atomic mass is 16.6. The number of nitrogens with zero attached hydrogens (tertiary/aromatic N) is 1. The van der Waals surface area contributed by atoms with E-state index in [0.29, 0.717) is 5.56 Å². The molecule has 1 rings (SSSR count). The minimum Gasteiger partial charge on any atom is -0.477 e. The van der Waals surface area contributed by atoms with Crippen molar-refractivity contribution in [2.75, 3.05) is 0 Å². The Bertz CT molecular complexity index is 476. The maximum atomic E-state index is 11.1. The normalized spacial score (nSPS) is 11.3. The van der Waals surface area contributed by atoms with Crippen LogP contribution in [0.3, 0.4) is 0 Å². The van der Waals surface area contributed by atoms with Crippen molar-refractivity contribution in [1.29, 1.82) is 0 Å². The molecule has 1 aromatic rings. The van der Waals surface area contributed by atoms with Crippen LogP contribution in [0.2, 0.25) is 0 Å². The van der Waals surface area contributed by atoms with Crippen molar-refractivity contribution in [2.45, 2.75) is 33.0 Å². The third-order valence-electron chi connectivity index (χ3n) is 2.20. The summed E-state index contributed by atoms with van der Waals surface area (Å²) >= 11 is 0. The number of nitro groups is 1. The second-order valence-corrected chi connectivity index (χ2v) is 4.77. The number of carboxylic acids is 1. The largest absolute Gasteiger partial charge is 0.477 e. The van der Waals surface area contributed by atoms with E-state index < -0.39 is 22.2 Å². The first-order valence-corrected chi connectivity index (χ1v) is 5.36. The van der Waals surface area contributed by atoms with Gasteiger partial charge in [0.25, 0.3) is 5.69 Å². The van der Waals surface area contributed by atoms with Crippen molar-refractivity contribution < 1.29 is 19.6 Å². The third kappa shape index (κ3) is 3.53. The van der Waals surface area contributed by atoms with Crippen LogP contribution in [0.15, 0.2) is 18.2 Å². The first-order valence-electron chi connectivity index (χ1n) is 5.36. The summed E-state index contributed by atoms with van der Waals surface area (Å²) in [6.07, 6.45) is 0. The van der Waals surface area contributed by atoms with E-state index in [1.165, 1.54) is 18.2 Å². The Morgan fingerprint density at radius 3 is 2.50 bits per heavy atom. The third-order valence-corrected chi connectivity index (χ3v) is 2.20. The summed E-state index contributed by atoms with van der Waals surface area (Å²) in [6.45, 7) is 5.49. The van der Waals surface area contributed by atoms with Gasteiger partial charge in [0.1, 0.15) is 5.56 Å². The molecule has 0 spiro atoms. The smallest absolute Gasteiger partial charge is 0.343 e. The van der Waals surface area contributed by atoms with Crippen LogP contribution < -0.4 is 0 Å². The predicted molar refractivity (Wildman–Crippen MR) is 64.6 cm³/mol. The van der Waals surface area contributed by atoms with Gasteiger partial charge in [0.05, 0.1) is 17.1 Å². The zero-order valence-corrected chi connectivity index (χ0v) is 10.5. The molecule has 0 aliphatic heterocycles. The predicted octanol–water partition coefficient (Wildman–Crippen LogP) is 2.61. The van der Waals surface area contributed by atoms with Gasteiger partial charge in [-0.3, -0.25) is 10.1 Å². The monoisotopic (exact) mass is 253 g/mol. The summed E-state index contributed by atoms with van der Waals surface area (Å²) in [7, 11) is 0. The van der Waals surface area contributed by atoms with Crippen LogP contribution in [0.5, 0.6) is 0 Å². The lowest BCUT2D eigenvalue weighted by molar-refractivity contribution is -0.385. The fourth-order valence-corrected chi connectivity index (χ4v) is 1.40. The SMILES string of the molecule is CC(C)(C)OCc1cccc([N+](=O)[O-])c1C(=O)O. The minimum absolute atomic E-state index is 0.0206. The average Bonchev–Trinajstić information content (AvgIpc) is 2.24. The lowest BCUT2D eigenvalue weighted by Gasteiger charge is -2.20. The molecule has 0 fully saturated rings. The lowest BCUT2D eigenvalue weighted by atomic mass is 10.1. The van der Waals surface area contributed by atoms with E-state index in [1.54, 1.807) is 0 Å². The van der Waals surface area contributed by atoms with Gasteiger partial charge >= 0.3 is 5.97 Å². The minimum atomic E-state index is -1.32. The molecule has 98 valence electrons. The second-order valence-electron chi connectivity index (χ2n) is 4.77. The molecule has 0 heterocycles. The summed E-state index contributed by atoms with van der Waals surface area (Å²) in [5, 5.41) is 19.8. The van der Waals surface area contributed by atoms with Crippen LogP contribution in [-0.2, 0) is 11.3 Å². The number of rotatable bonds is 4. The molecule has 0 radical (unpaired) electrons. The first kappa shape index (κ1) is 14.1. The Labute approximate surface area is 104 Å². The van der Waals surface area contributed by atoms with Crippen molar-refractivity contribution >= 4 is 11.7 Å². The summed E-state index contributed by atoms with van der Waals surface area (Å²) in [5.41, 5.74) is -0.878. The highest BCUT2D eigenvalue weighted by molar-refractivity contribution is 5.94. The number of benzene rings is 1. The molecule has 6 heteroatoms. The molecular formula is C12H15NO5. The molecule has 0 aliphatic rings. The van der Waals surface area contributed by atoms with Gasteiger partial charge in [-0.05, 0) is 26.3 Å². The van der Waals surface area contributed by atoms with Crippen LogP contribution in [0.25, 0.3) is 0 Å². The average molecular weight is 253 g/mol. The molecule has 0 atom stereocenters. The zero-order valence-electron chi connectivity index (χ0n) is 10.5. The van der Waals surface area contributed by atoms with Crippen LogP contribution >= 0.6 is 0 Å². The second kappa shape index (κ2) is 5.14. The molecule has 0 unspecified atom stereocenters. The maximum Gasteiger partial charge on any atom is 0.343 e.